The van der Waals surface area contributed by atoms with Gasteiger partial charge in [0.1, 0.15) is 11.5 Å². The number of amides is 2. The number of nitrogens with one attached hydrogen (secondary N) is 2. The van der Waals surface area contributed by atoms with Gasteiger partial charge < -0.3 is 20.1 Å². The van der Waals surface area contributed by atoms with Gasteiger partial charge in [-0.3, -0.25) is 4.90 Å². The zero-order valence-electron chi connectivity index (χ0n) is 16.2. The molecule has 1 saturated heterocycles. The minimum atomic E-state index is -2.88. The van der Waals surface area contributed by atoms with Crippen LogP contribution in [0, 0.1) is 0 Å². The molecule has 156 valence electrons. The first-order valence-corrected chi connectivity index (χ1v) is 9.53. The molecule has 29 heavy (non-hydrogen) atoms. The smallest absolute Gasteiger partial charge is 0.387 e. The first-order valence-electron chi connectivity index (χ1n) is 9.53. The Morgan fingerprint density at radius 1 is 1.10 bits per heavy atom. The van der Waals surface area contributed by atoms with Crippen LogP contribution in [-0.2, 0) is 0 Å². The van der Waals surface area contributed by atoms with Crippen molar-refractivity contribution in [2.24, 2.45) is 0 Å². The number of urea groups is 1. The molecule has 1 atom stereocenters. The van der Waals surface area contributed by atoms with Gasteiger partial charge in [-0.1, -0.05) is 18.2 Å². The lowest BCUT2D eigenvalue weighted by molar-refractivity contribution is -0.0498. The summed E-state index contributed by atoms with van der Waals surface area (Å²) in [5.41, 5.74) is 1.52. The normalized spacial score (nSPS) is 15.2. The molecule has 0 radical (unpaired) electrons. The fourth-order valence-electron chi connectivity index (χ4n) is 3.52. The molecule has 0 aromatic heterocycles. The number of carbonyl (C=O) groups is 1. The largest absolute Gasteiger partial charge is 0.496 e. The molecule has 0 spiro atoms. The van der Waals surface area contributed by atoms with E-state index in [1.807, 2.05) is 24.3 Å². The fraction of sp³-hybridized carbons (Fsp3) is 0.381. The number of halogens is 2. The van der Waals surface area contributed by atoms with Crippen molar-refractivity contribution in [2.75, 3.05) is 32.1 Å². The van der Waals surface area contributed by atoms with E-state index in [0.29, 0.717) is 12.2 Å². The lowest BCUT2D eigenvalue weighted by Crippen LogP contribution is -2.38. The summed E-state index contributed by atoms with van der Waals surface area (Å²) < 4.78 is 34.2. The van der Waals surface area contributed by atoms with Crippen LogP contribution >= 0.6 is 0 Å². The number of nitrogens with zero attached hydrogens (tertiary/aromatic N) is 1. The van der Waals surface area contributed by atoms with Crippen LogP contribution in [0.25, 0.3) is 0 Å². The first-order chi connectivity index (χ1) is 14.1. The molecule has 1 heterocycles. The van der Waals surface area contributed by atoms with E-state index in [2.05, 4.69) is 20.3 Å². The predicted octanol–water partition coefficient (Wildman–Crippen LogP) is 4.26. The zero-order chi connectivity index (χ0) is 20.6. The van der Waals surface area contributed by atoms with Crippen LogP contribution in [0.1, 0.15) is 24.4 Å². The standard InChI is InChI=1S/C21H25F2N3O3/c1-28-19-7-3-2-6-17(19)18(26-12-4-5-13-26)14-24-21(27)25-15-8-10-16(11-9-15)29-20(22)23/h2-3,6-11,18,20H,4-5,12-14H2,1H3,(H2,24,25,27). The minimum absolute atomic E-state index is 0.00113. The Morgan fingerprint density at radius 3 is 2.45 bits per heavy atom. The second kappa shape index (κ2) is 10.1. The van der Waals surface area contributed by atoms with Gasteiger partial charge >= 0.3 is 12.6 Å². The quantitative estimate of drug-likeness (QED) is 0.689. The molecule has 3 rings (SSSR count). The SMILES string of the molecule is COc1ccccc1C(CNC(=O)Nc1ccc(OC(F)F)cc1)N1CCCC1. The highest BCUT2D eigenvalue weighted by Crippen LogP contribution is 2.31. The molecule has 1 aliphatic rings. The molecule has 8 heteroatoms. The Labute approximate surface area is 168 Å². The third kappa shape index (κ3) is 5.80. The molecule has 6 nitrogen and oxygen atoms in total. The van der Waals surface area contributed by atoms with Crippen molar-refractivity contribution in [3.05, 3.63) is 54.1 Å². The summed E-state index contributed by atoms with van der Waals surface area (Å²) in [6.45, 7) is -0.525. The Kier molecular flexibility index (Phi) is 7.24. The maximum atomic E-state index is 12.4. The fourth-order valence-corrected chi connectivity index (χ4v) is 3.52. The zero-order valence-corrected chi connectivity index (χ0v) is 16.2. The van der Waals surface area contributed by atoms with E-state index in [1.165, 1.54) is 24.3 Å². The summed E-state index contributed by atoms with van der Waals surface area (Å²) in [5, 5.41) is 5.61. The highest BCUT2D eigenvalue weighted by molar-refractivity contribution is 5.89. The van der Waals surface area contributed by atoms with Crippen LogP contribution in [0.2, 0.25) is 0 Å². The Morgan fingerprint density at radius 2 is 1.79 bits per heavy atom. The number of likely N-dealkylation sites (tertiary alicyclic amines) is 1. The van der Waals surface area contributed by atoms with Crippen molar-refractivity contribution < 1.29 is 23.0 Å². The maximum Gasteiger partial charge on any atom is 0.387 e. The number of rotatable bonds is 8. The summed E-state index contributed by atoms with van der Waals surface area (Å²) in [6.07, 6.45) is 2.26. The molecule has 1 aliphatic heterocycles. The molecule has 0 bridgehead atoms. The van der Waals surface area contributed by atoms with Crippen LogP contribution in [0.4, 0.5) is 19.3 Å². The van der Waals surface area contributed by atoms with Gasteiger partial charge in [0, 0.05) is 17.8 Å². The molecule has 2 N–H and O–H groups in total. The molecule has 1 fully saturated rings. The molecule has 2 aromatic carbocycles. The number of methoxy groups -OCH3 is 1. The Hall–Kier alpha value is -2.87. The molecule has 0 saturated carbocycles. The summed E-state index contributed by atoms with van der Waals surface area (Å²) in [7, 11) is 1.64. The third-order valence-electron chi connectivity index (χ3n) is 4.87. The number of anilines is 1. The van der Waals surface area contributed by atoms with Gasteiger partial charge in [-0.25, -0.2) is 4.79 Å². The number of ether oxygens (including phenoxy) is 2. The maximum absolute atomic E-state index is 12.4. The summed E-state index contributed by atoms with van der Waals surface area (Å²) in [4.78, 5) is 14.7. The molecule has 2 aromatic rings. The van der Waals surface area contributed by atoms with Gasteiger partial charge in [-0.05, 0) is 56.3 Å². The Bertz CT molecular complexity index is 796. The minimum Gasteiger partial charge on any atom is -0.496 e. The van der Waals surface area contributed by atoms with Crippen LogP contribution in [0.15, 0.2) is 48.5 Å². The second-order valence-corrected chi connectivity index (χ2v) is 6.74. The van der Waals surface area contributed by atoms with Crippen molar-refractivity contribution in [1.82, 2.24) is 10.2 Å². The summed E-state index contributed by atoms with van der Waals surface area (Å²) in [6, 6.07) is 13.2. The van der Waals surface area contributed by atoms with Gasteiger partial charge in [-0.2, -0.15) is 8.78 Å². The molecule has 0 aliphatic carbocycles. The van der Waals surface area contributed by atoms with E-state index in [0.717, 1.165) is 37.2 Å². The number of carbonyl (C=O) groups excluding carboxylic acids is 1. The van der Waals surface area contributed by atoms with Gasteiger partial charge in [0.05, 0.1) is 13.2 Å². The number of para-hydroxylation sites is 1. The number of alkyl halides is 2. The highest BCUT2D eigenvalue weighted by atomic mass is 19.3. The molecular formula is C21H25F2N3O3. The van der Waals surface area contributed by atoms with Crippen molar-refractivity contribution in [3.63, 3.8) is 0 Å². The topological polar surface area (TPSA) is 62.8 Å². The highest BCUT2D eigenvalue weighted by Gasteiger charge is 2.26. The van der Waals surface area contributed by atoms with Gasteiger partial charge in [-0.15, -0.1) is 0 Å². The molecular weight excluding hydrogens is 380 g/mol. The van der Waals surface area contributed by atoms with Crippen molar-refractivity contribution in [1.29, 1.82) is 0 Å². The Balaban J connectivity index is 1.62. The van der Waals surface area contributed by atoms with E-state index < -0.39 is 6.61 Å². The van der Waals surface area contributed by atoms with E-state index >= 15 is 0 Å². The van der Waals surface area contributed by atoms with E-state index in [1.54, 1.807) is 7.11 Å². The average Bonchev–Trinajstić information content (AvgIpc) is 3.24. The second-order valence-electron chi connectivity index (χ2n) is 6.74. The van der Waals surface area contributed by atoms with Gasteiger partial charge in [0.25, 0.3) is 0 Å². The number of hydrogen-bond acceptors (Lipinski definition) is 4. The lowest BCUT2D eigenvalue weighted by Gasteiger charge is -2.29. The molecule has 1 unspecified atom stereocenters. The van der Waals surface area contributed by atoms with Crippen LogP contribution in [-0.4, -0.2) is 44.3 Å². The van der Waals surface area contributed by atoms with E-state index in [-0.39, 0.29) is 17.8 Å². The van der Waals surface area contributed by atoms with Crippen LogP contribution in [0.5, 0.6) is 11.5 Å². The number of hydrogen-bond donors (Lipinski definition) is 2. The van der Waals surface area contributed by atoms with Crippen LogP contribution in [0.3, 0.4) is 0 Å². The monoisotopic (exact) mass is 405 g/mol. The van der Waals surface area contributed by atoms with Gasteiger partial charge in [0.2, 0.25) is 0 Å². The summed E-state index contributed by atoms with van der Waals surface area (Å²) in [5.74, 6) is 0.831. The van der Waals surface area contributed by atoms with Crippen LogP contribution < -0.4 is 20.1 Å². The first kappa shape index (κ1) is 20.9. The third-order valence-corrected chi connectivity index (χ3v) is 4.87. The van der Waals surface area contributed by atoms with E-state index in [4.69, 9.17) is 4.74 Å². The number of benzene rings is 2. The van der Waals surface area contributed by atoms with Crippen molar-refractivity contribution in [3.8, 4) is 11.5 Å². The lowest BCUT2D eigenvalue weighted by atomic mass is 10.0. The summed E-state index contributed by atoms with van der Waals surface area (Å²) >= 11 is 0. The molecule has 2 amide bonds. The predicted molar refractivity (Wildman–Crippen MR) is 107 cm³/mol. The van der Waals surface area contributed by atoms with Crippen molar-refractivity contribution in [2.45, 2.75) is 25.5 Å². The van der Waals surface area contributed by atoms with E-state index in [9.17, 15) is 13.6 Å². The van der Waals surface area contributed by atoms with Gasteiger partial charge in [0.15, 0.2) is 0 Å². The van der Waals surface area contributed by atoms with Crippen molar-refractivity contribution >= 4 is 11.7 Å². The average molecular weight is 405 g/mol.